The molecule has 12 nitrogen and oxygen atoms in total. The first-order valence-corrected chi connectivity index (χ1v) is 19.8. The van der Waals surface area contributed by atoms with Crippen molar-refractivity contribution in [3.63, 3.8) is 0 Å². The number of morpholine rings is 1. The van der Waals surface area contributed by atoms with E-state index in [0.717, 1.165) is 22.5 Å². The summed E-state index contributed by atoms with van der Waals surface area (Å²) in [7, 11) is 2.30. The number of fused-ring (bicyclic) bond motifs is 4. The number of hydrogen-bond donors (Lipinski definition) is 0. The average Bonchev–Trinajstić information content (AvgIpc) is 3.51. The lowest BCUT2D eigenvalue weighted by Gasteiger charge is -2.49. The molecule has 1 amide bonds. The minimum atomic E-state index is -1.30. The van der Waals surface area contributed by atoms with Crippen LogP contribution in [0.2, 0.25) is 30.7 Å². The van der Waals surface area contributed by atoms with Gasteiger partial charge >= 0.3 is 6.09 Å². The van der Waals surface area contributed by atoms with Crippen LogP contribution in [0.25, 0.3) is 33.1 Å². The summed E-state index contributed by atoms with van der Waals surface area (Å²) >= 11 is 6.97. The fraction of sp³-hybridized carbons (Fsp3) is 0.562. The highest BCUT2D eigenvalue weighted by Gasteiger charge is 2.43. The molecule has 6 rings (SSSR count). The maximum atomic E-state index is 14.3. The van der Waals surface area contributed by atoms with Gasteiger partial charge in [0.15, 0.2) is 5.65 Å². The lowest BCUT2D eigenvalue weighted by Crippen LogP contribution is -2.67. The number of carbonyl (C=O) groups excluding carboxylic acids is 1. The molecule has 2 bridgehead atoms. The number of anilines is 1. The van der Waals surface area contributed by atoms with Gasteiger partial charge in [0.25, 0.3) is 5.56 Å². The topological polar surface area (TPSA) is 109 Å². The van der Waals surface area contributed by atoms with Crippen molar-refractivity contribution in [3.05, 3.63) is 39.9 Å². The van der Waals surface area contributed by atoms with Crippen LogP contribution in [-0.2, 0) is 35.0 Å². The van der Waals surface area contributed by atoms with Gasteiger partial charge < -0.3 is 23.7 Å². The molecule has 4 aromatic rings. The molecular formula is C32H44ClN7O5Si. The Morgan fingerprint density at radius 3 is 2.43 bits per heavy atom. The van der Waals surface area contributed by atoms with Crippen molar-refractivity contribution in [2.75, 3.05) is 37.8 Å². The molecule has 0 aliphatic carbocycles. The van der Waals surface area contributed by atoms with Gasteiger partial charge in [-0.3, -0.25) is 18.9 Å². The van der Waals surface area contributed by atoms with Crippen LogP contribution in [0.4, 0.5) is 10.7 Å². The Morgan fingerprint density at radius 1 is 1.09 bits per heavy atom. The Morgan fingerprint density at radius 2 is 1.78 bits per heavy atom. The maximum absolute atomic E-state index is 14.3. The van der Waals surface area contributed by atoms with E-state index < -0.39 is 13.7 Å². The van der Waals surface area contributed by atoms with E-state index in [1.807, 2.05) is 56.9 Å². The fourth-order valence-electron chi connectivity index (χ4n) is 6.26. The number of amides is 1. The van der Waals surface area contributed by atoms with E-state index in [0.29, 0.717) is 60.5 Å². The molecule has 2 unspecified atom stereocenters. The number of aryl methyl sites for hydroxylation is 1. The molecule has 0 spiro atoms. The zero-order valence-electron chi connectivity index (χ0n) is 28.0. The van der Waals surface area contributed by atoms with Crippen LogP contribution in [0, 0.1) is 0 Å². The maximum Gasteiger partial charge on any atom is 0.411 e. The summed E-state index contributed by atoms with van der Waals surface area (Å²) in [5.41, 5.74) is 1.94. The molecule has 2 fully saturated rings. The Bertz CT molecular complexity index is 1840. The number of piperazine rings is 1. The molecule has 14 heteroatoms. The molecule has 1 aromatic carbocycles. The van der Waals surface area contributed by atoms with E-state index >= 15 is 0 Å². The van der Waals surface area contributed by atoms with Crippen LogP contribution in [0.1, 0.15) is 20.8 Å². The van der Waals surface area contributed by atoms with Crippen molar-refractivity contribution in [2.24, 2.45) is 14.1 Å². The van der Waals surface area contributed by atoms with Crippen molar-refractivity contribution in [1.82, 2.24) is 28.8 Å². The Balaban J connectivity index is 1.41. The summed E-state index contributed by atoms with van der Waals surface area (Å²) in [5.74, 6) is 0.528. The lowest BCUT2D eigenvalue weighted by atomic mass is 10.0. The minimum Gasteiger partial charge on any atom is -0.444 e. The summed E-state index contributed by atoms with van der Waals surface area (Å²) < 4.78 is 23.0. The van der Waals surface area contributed by atoms with Crippen molar-refractivity contribution in [1.29, 1.82) is 0 Å². The standard InChI is InChI=1S/C32H44ClN7O5Si/c1-32(2,3)45-31(42)40-20-13-38(14-21(40)18-44-17-20)30-34-28-26(29(41)37(30)5)23(16-39(28)19-43-11-12-46(6,7)8)22-9-10-25-24(27(22)33)15-36(4)35-25/h9-10,15-16,20-21H,11-14,17-19H2,1-8H3. The van der Waals surface area contributed by atoms with Crippen molar-refractivity contribution in [3.8, 4) is 11.1 Å². The lowest BCUT2D eigenvalue weighted by molar-refractivity contribution is -0.0667. The third-order valence-electron chi connectivity index (χ3n) is 8.49. The second kappa shape index (κ2) is 12.0. The number of hydrogen-bond acceptors (Lipinski definition) is 8. The molecule has 2 atom stereocenters. The second-order valence-electron chi connectivity index (χ2n) is 14.6. The monoisotopic (exact) mass is 669 g/mol. The van der Waals surface area contributed by atoms with E-state index in [4.69, 9.17) is 30.8 Å². The second-order valence-corrected chi connectivity index (χ2v) is 20.6. The quantitative estimate of drug-likeness (QED) is 0.198. The normalized spacial score (nSPS) is 19.0. The van der Waals surface area contributed by atoms with E-state index in [1.165, 1.54) is 0 Å². The summed E-state index contributed by atoms with van der Waals surface area (Å²) in [4.78, 5) is 36.5. The molecular weight excluding hydrogens is 626 g/mol. The van der Waals surface area contributed by atoms with Gasteiger partial charge in [-0.1, -0.05) is 37.3 Å². The van der Waals surface area contributed by atoms with Crippen molar-refractivity contribution < 1.29 is 19.0 Å². The van der Waals surface area contributed by atoms with E-state index in [2.05, 4.69) is 29.6 Å². The highest BCUT2D eigenvalue weighted by molar-refractivity contribution is 6.76. The van der Waals surface area contributed by atoms with Gasteiger partial charge in [-0.05, 0) is 32.9 Å². The highest BCUT2D eigenvalue weighted by atomic mass is 35.5. The number of carbonyl (C=O) groups is 1. The first-order valence-electron chi connectivity index (χ1n) is 15.7. The number of nitrogens with zero attached hydrogens (tertiary/aromatic N) is 7. The predicted octanol–water partition coefficient (Wildman–Crippen LogP) is 5.08. The third kappa shape index (κ3) is 6.29. The zero-order chi connectivity index (χ0) is 33.1. The number of ether oxygens (including phenoxy) is 3. The van der Waals surface area contributed by atoms with E-state index in [-0.39, 0.29) is 30.5 Å². The molecule has 0 saturated carbocycles. The summed E-state index contributed by atoms with van der Waals surface area (Å²) in [6.45, 7) is 15.1. The van der Waals surface area contributed by atoms with Crippen LogP contribution >= 0.6 is 11.6 Å². The van der Waals surface area contributed by atoms with Gasteiger partial charge in [0, 0.05) is 70.8 Å². The number of halogens is 1. The van der Waals surface area contributed by atoms with Crippen molar-refractivity contribution >= 4 is 53.7 Å². The SMILES string of the molecule is Cn1cc2c(Cl)c(-c3cn(COCC[Si](C)(C)C)c4nc(N5CC6COCC(C5)N6C(=O)OC(C)(C)C)n(C)c(=O)c34)ccc2n1. The average molecular weight is 670 g/mol. The molecule has 5 heterocycles. The van der Waals surface area contributed by atoms with E-state index in [9.17, 15) is 9.59 Å². The predicted molar refractivity (Wildman–Crippen MR) is 182 cm³/mol. The van der Waals surface area contributed by atoms with Crippen molar-refractivity contribution in [2.45, 2.75) is 70.9 Å². The molecule has 2 aliphatic rings. The molecule has 0 radical (unpaired) electrons. The van der Waals surface area contributed by atoms with Gasteiger partial charge in [-0.25, -0.2) is 4.79 Å². The van der Waals surface area contributed by atoms with E-state index in [1.54, 1.807) is 21.2 Å². The third-order valence-corrected chi connectivity index (χ3v) is 10.6. The Hall–Kier alpha value is -3.39. The molecule has 46 heavy (non-hydrogen) atoms. The van der Waals surface area contributed by atoms with Gasteiger partial charge in [-0.2, -0.15) is 10.1 Å². The number of aromatic nitrogens is 5. The smallest absolute Gasteiger partial charge is 0.411 e. The first kappa shape index (κ1) is 32.5. The van der Waals surface area contributed by atoms with Crippen LogP contribution in [0.15, 0.2) is 29.3 Å². The Kier molecular flexibility index (Phi) is 8.49. The fourth-order valence-corrected chi connectivity index (χ4v) is 7.32. The number of benzene rings is 1. The zero-order valence-corrected chi connectivity index (χ0v) is 29.7. The summed E-state index contributed by atoms with van der Waals surface area (Å²) in [5, 5.41) is 6.30. The molecule has 248 valence electrons. The van der Waals surface area contributed by atoms with Gasteiger partial charge in [0.1, 0.15) is 12.3 Å². The molecule has 3 aromatic heterocycles. The van der Waals surface area contributed by atoms with Gasteiger partial charge in [0.2, 0.25) is 5.95 Å². The molecule has 2 aliphatic heterocycles. The summed E-state index contributed by atoms with van der Waals surface area (Å²) in [6.07, 6.45) is 3.45. The number of rotatable bonds is 7. The van der Waals surface area contributed by atoms with Crippen LogP contribution in [0.5, 0.6) is 0 Å². The van der Waals surface area contributed by atoms with Gasteiger partial charge in [-0.15, -0.1) is 0 Å². The van der Waals surface area contributed by atoms with Crippen LogP contribution in [0.3, 0.4) is 0 Å². The minimum absolute atomic E-state index is 0.186. The molecule has 0 N–H and O–H groups in total. The summed E-state index contributed by atoms with van der Waals surface area (Å²) in [6, 6.07) is 4.37. The Labute approximate surface area is 274 Å². The highest BCUT2D eigenvalue weighted by Crippen LogP contribution is 2.38. The van der Waals surface area contributed by atoms with Gasteiger partial charge in [0.05, 0.1) is 41.2 Å². The van der Waals surface area contributed by atoms with Crippen LogP contribution < -0.4 is 10.5 Å². The first-order chi connectivity index (χ1) is 21.6. The largest absolute Gasteiger partial charge is 0.444 e. The molecule has 2 saturated heterocycles. The van der Waals surface area contributed by atoms with Crippen LogP contribution in [-0.4, -0.2) is 93.6 Å².